The second-order valence-electron chi connectivity index (χ2n) is 5.82. The summed E-state index contributed by atoms with van der Waals surface area (Å²) in [4.78, 5) is 4.38. The van der Waals surface area contributed by atoms with Gasteiger partial charge in [0.2, 0.25) is 0 Å². The second kappa shape index (κ2) is 7.42. The molecule has 0 unspecified atom stereocenters. The Morgan fingerprint density at radius 1 is 1.11 bits per heavy atom. The first kappa shape index (κ1) is 17.6. The van der Waals surface area contributed by atoms with Gasteiger partial charge in [0.15, 0.2) is 0 Å². The van der Waals surface area contributed by atoms with Gasteiger partial charge in [-0.05, 0) is 42.5 Å². The summed E-state index contributed by atoms with van der Waals surface area (Å²) in [5.74, 6) is 0.743. The highest BCUT2D eigenvalue weighted by atomic mass is 35.5. The molecule has 4 aromatic rings. The van der Waals surface area contributed by atoms with Gasteiger partial charge in [-0.1, -0.05) is 28.4 Å². The first-order valence-corrected chi connectivity index (χ1v) is 8.93. The summed E-state index contributed by atoms with van der Waals surface area (Å²) >= 11 is 12.0. The van der Waals surface area contributed by atoms with Crippen molar-refractivity contribution in [2.24, 2.45) is 0 Å². The van der Waals surface area contributed by atoms with Crippen LogP contribution < -0.4 is 10.1 Å². The van der Waals surface area contributed by atoms with E-state index in [0.717, 1.165) is 33.7 Å². The van der Waals surface area contributed by atoms with E-state index in [1.165, 1.54) is 0 Å². The molecule has 0 spiro atoms. The average molecular weight is 400 g/mol. The number of aromatic nitrogens is 4. The molecule has 2 aromatic carbocycles. The molecule has 2 heterocycles. The molecule has 4 rings (SSSR count). The Balaban J connectivity index is 1.59. The Morgan fingerprint density at radius 3 is 2.81 bits per heavy atom. The largest absolute Gasteiger partial charge is 0.495 e. The lowest BCUT2D eigenvalue weighted by molar-refractivity contribution is 0.417. The molecule has 0 saturated heterocycles. The van der Waals surface area contributed by atoms with Gasteiger partial charge in [0.1, 0.15) is 11.4 Å². The maximum Gasteiger partial charge on any atom is 0.142 e. The van der Waals surface area contributed by atoms with Crippen LogP contribution in [0, 0.1) is 0 Å². The standard InChI is InChI=1S/C19H15Cl2N5O/c1-27-18-7-6-17-14(3-2-8-22-17)19(18)23-10-12-11-26(25-24-12)13-4-5-15(20)16(21)9-13/h2-9,11,23H,10H2,1H3. The summed E-state index contributed by atoms with van der Waals surface area (Å²) in [5.41, 5.74) is 3.31. The quantitative estimate of drug-likeness (QED) is 0.524. The van der Waals surface area contributed by atoms with Crippen molar-refractivity contribution in [3.63, 3.8) is 0 Å². The molecule has 0 saturated carbocycles. The number of ether oxygens (including phenoxy) is 1. The zero-order valence-corrected chi connectivity index (χ0v) is 15.9. The maximum absolute atomic E-state index is 6.07. The fourth-order valence-electron chi connectivity index (χ4n) is 2.80. The van der Waals surface area contributed by atoms with Crippen molar-refractivity contribution in [1.82, 2.24) is 20.0 Å². The normalized spacial score (nSPS) is 10.9. The van der Waals surface area contributed by atoms with E-state index in [1.807, 2.05) is 36.5 Å². The van der Waals surface area contributed by atoms with Crippen molar-refractivity contribution in [2.45, 2.75) is 6.54 Å². The Hall–Kier alpha value is -2.83. The molecule has 1 N–H and O–H groups in total. The first-order valence-electron chi connectivity index (χ1n) is 8.18. The minimum atomic E-state index is 0.470. The molecule has 0 bridgehead atoms. The summed E-state index contributed by atoms with van der Waals surface area (Å²) in [5, 5.41) is 13.7. The number of hydrogen-bond donors (Lipinski definition) is 1. The molecular formula is C19H15Cl2N5O. The van der Waals surface area contributed by atoms with Crippen LogP contribution in [0.4, 0.5) is 5.69 Å². The highest BCUT2D eigenvalue weighted by molar-refractivity contribution is 6.42. The molecule has 27 heavy (non-hydrogen) atoms. The minimum Gasteiger partial charge on any atom is -0.495 e. The summed E-state index contributed by atoms with van der Waals surface area (Å²) in [7, 11) is 1.64. The van der Waals surface area contributed by atoms with Crippen LogP contribution in [0.3, 0.4) is 0 Å². The Kier molecular flexibility index (Phi) is 4.83. The molecule has 0 atom stereocenters. The highest BCUT2D eigenvalue weighted by Gasteiger charge is 2.10. The third-order valence-corrected chi connectivity index (χ3v) is 4.86. The smallest absolute Gasteiger partial charge is 0.142 e. The van der Waals surface area contributed by atoms with E-state index >= 15 is 0 Å². The average Bonchev–Trinajstić information content (AvgIpc) is 3.17. The number of hydrogen-bond acceptors (Lipinski definition) is 5. The van der Waals surface area contributed by atoms with Gasteiger partial charge in [-0.25, -0.2) is 4.68 Å². The van der Waals surface area contributed by atoms with E-state index in [4.69, 9.17) is 27.9 Å². The lowest BCUT2D eigenvalue weighted by Crippen LogP contribution is -2.03. The van der Waals surface area contributed by atoms with Gasteiger partial charge < -0.3 is 10.1 Å². The van der Waals surface area contributed by atoms with Crippen molar-refractivity contribution in [2.75, 3.05) is 12.4 Å². The van der Waals surface area contributed by atoms with E-state index in [0.29, 0.717) is 16.6 Å². The third kappa shape index (κ3) is 3.54. The van der Waals surface area contributed by atoms with Gasteiger partial charge in [0.25, 0.3) is 0 Å². The van der Waals surface area contributed by atoms with Gasteiger partial charge in [0.05, 0.1) is 46.8 Å². The summed E-state index contributed by atoms with van der Waals surface area (Å²) in [6, 6.07) is 13.0. The second-order valence-corrected chi connectivity index (χ2v) is 6.63. The Morgan fingerprint density at radius 2 is 2.00 bits per heavy atom. The number of rotatable bonds is 5. The zero-order chi connectivity index (χ0) is 18.8. The first-order chi connectivity index (χ1) is 13.2. The predicted octanol–water partition coefficient (Wildman–Crippen LogP) is 4.74. The molecule has 8 heteroatoms. The number of pyridine rings is 1. The number of benzene rings is 2. The Bertz CT molecular complexity index is 1110. The molecule has 0 aliphatic heterocycles. The number of nitrogens with zero attached hydrogens (tertiary/aromatic N) is 4. The van der Waals surface area contributed by atoms with Crippen LogP contribution in [0.5, 0.6) is 5.75 Å². The van der Waals surface area contributed by atoms with E-state index in [2.05, 4.69) is 20.6 Å². The topological polar surface area (TPSA) is 64.9 Å². The molecular weight excluding hydrogens is 385 g/mol. The highest BCUT2D eigenvalue weighted by Crippen LogP contribution is 2.32. The van der Waals surface area contributed by atoms with Crippen LogP contribution in [-0.4, -0.2) is 27.1 Å². The van der Waals surface area contributed by atoms with Crippen molar-refractivity contribution < 1.29 is 4.74 Å². The van der Waals surface area contributed by atoms with Crippen molar-refractivity contribution in [3.05, 3.63) is 70.6 Å². The van der Waals surface area contributed by atoms with Gasteiger partial charge >= 0.3 is 0 Å². The molecule has 0 radical (unpaired) electrons. The summed E-state index contributed by atoms with van der Waals surface area (Å²) in [6.07, 6.45) is 3.60. The molecule has 0 fully saturated rings. The van der Waals surface area contributed by atoms with Crippen molar-refractivity contribution >= 4 is 39.8 Å². The SMILES string of the molecule is COc1ccc2ncccc2c1NCc1cn(-c2ccc(Cl)c(Cl)c2)nn1. The van der Waals surface area contributed by atoms with E-state index in [-0.39, 0.29) is 0 Å². The van der Waals surface area contributed by atoms with Crippen molar-refractivity contribution in [3.8, 4) is 11.4 Å². The molecule has 2 aromatic heterocycles. The van der Waals surface area contributed by atoms with E-state index < -0.39 is 0 Å². The van der Waals surface area contributed by atoms with E-state index in [9.17, 15) is 0 Å². The monoisotopic (exact) mass is 399 g/mol. The fourth-order valence-corrected chi connectivity index (χ4v) is 3.09. The summed E-state index contributed by atoms with van der Waals surface area (Å²) < 4.78 is 7.14. The van der Waals surface area contributed by atoms with E-state index in [1.54, 1.807) is 30.1 Å². The number of methoxy groups -OCH3 is 1. The van der Waals surface area contributed by atoms with Gasteiger partial charge in [0, 0.05) is 11.6 Å². The number of halogens is 2. The summed E-state index contributed by atoms with van der Waals surface area (Å²) in [6.45, 7) is 0.478. The van der Waals surface area contributed by atoms with Crippen LogP contribution in [-0.2, 0) is 6.54 Å². The van der Waals surface area contributed by atoms with Crippen LogP contribution in [0.15, 0.2) is 54.9 Å². The fraction of sp³-hybridized carbons (Fsp3) is 0.105. The molecule has 0 aliphatic carbocycles. The lowest BCUT2D eigenvalue weighted by Gasteiger charge is -2.12. The molecule has 0 aliphatic rings. The molecule has 6 nitrogen and oxygen atoms in total. The van der Waals surface area contributed by atoms with Crippen LogP contribution in [0.25, 0.3) is 16.6 Å². The third-order valence-electron chi connectivity index (χ3n) is 4.12. The minimum absolute atomic E-state index is 0.470. The van der Waals surface area contributed by atoms with Crippen LogP contribution in [0.1, 0.15) is 5.69 Å². The van der Waals surface area contributed by atoms with Gasteiger partial charge in [-0.15, -0.1) is 5.10 Å². The predicted molar refractivity (Wildman–Crippen MR) is 107 cm³/mol. The number of anilines is 1. The number of fused-ring (bicyclic) bond motifs is 1. The van der Waals surface area contributed by atoms with Gasteiger partial charge in [-0.2, -0.15) is 0 Å². The zero-order valence-electron chi connectivity index (χ0n) is 14.4. The van der Waals surface area contributed by atoms with Crippen molar-refractivity contribution in [1.29, 1.82) is 0 Å². The number of nitrogens with one attached hydrogen (secondary N) is 1. The van der Waals surface area contributed by atoms with Crippen LogP contribution in [0.2, 0.25) is 10.0 Å². The lowest BCUT2D eigenvalue weighted by atomic mass is 10.1. The maximum atomic E-state index is 6.07. The van der Waals surface area contributed by atoms with Crippen LogP contribution >= 0.6 is 23.2 Å². The van der Waals surface area contributed by atoms with Gasteiger partial charge in [-0.3, -0.25) is 4.98 Å². The molecule has 136 valence electrons. The molecule has 0 amide bonds. The Labute approximate surface area is 165 Å².